The highest BCUT2D eigenvalue weighted by Gasteiger charge is 2.36. The van der Waals surface area contributed by atoms with Crippen LogP contribution >= 0.6 is 23.2 Å². The zero-order valence-electron chi connectivity index (χ0n) is 16.1. The number of piperidine rings is 1. The van der Waals surface area contributed by atoms with Crippen LogP contribution in [-0.2, 0) is 0 Å². The minimum Gasteiger partial charge on any atom is -0.489 e. The summed E-state index contributed by atoms with van der Waals surface area (Å²) in [6.45, 7) is 1.65. The fourth-order valence-corrected chi connectivity index (χ4v) is 4.03. The molecule has 9 heteroatoms. The first-order chi connectivity index (χ1) is 14.3. The zero-order chi connectivity index (χ0) is 21.3. The molecule has 0 spiro atoms. The monoisotopic (exact) mass is 454 g/mol. The second-order valence-electron chi connectivity index (χ2n) is 7.48. The second-order valence-corrected chi connectivity index (χ2v) is 8.33. The fraction of sp³-hybridized carbons (Fsp3) is 0.381. The van der Waals surface area contributed by atoms with E-state index in [4.69, 9.17) is 32.7 Å². The number of amides is 1. The minimum atomic E-state index is -1.11. The van der Waals surface area contributed by atoms with Gasteiger partial charge in [-0.1, -0.05) is 23.2 Å². The van der Waals surface area contributed by atoms with Crippen molar-refractivity contribution in [2.24, 2.45) is 0 Å². The zero-order valence-corrected chi connectivity index (χ0v) is 17.6. The number of benzene rings is 2. The number of rotatable bonds is 4. The lowest BCUT2D eigenvalue weighted by Gasteiger charge is -2.38. The van der Waals surface area contributed by atoms with E-state index >= 15 is 0 Å². The third kappa shape index (κ3) is 4.43. The predicted octanol–water partition coefficient (Wildman–Crippen LogP) is 3.98. The summed E-state index contributed by atoms with van der Waals surface area (Å²) in [6, 6.07) is 7.58. The van der Waals surface area contributed by atoms with E-state index < -0.39 is 17.3 Å². The molecule has 2 aliphatic rings. The number of hydrogen-bond acceptors (Lipinski definition) is 5. The SMILES string of the molecule is O=C(c1cc2c(cc1F)OCCN2)N1CCC(O)(COc2ccc(Cl)cc2Cl)CC1. The molecule has 0 aliphatic carbocycles. The summed E-state index contributed by atoms with van der Waals surface area (Å²) < 4.78 is 25.5. The Hall–Kier alpha value is -2.22. The largest absolute Gasteiger partial charge is 0.489 e. The standard InChI is InChI=1S/C21H21Cl2FN2O4/c22-13-1-2-18(15(23)9-13)30-12-21(28)3-6-26(7-4-21)20(27)14-10-17-19(11-16(14)24)29-8-5-25-17/h1-2,9-11,25,28H,3-8,12H2. The lowest BCUT2D eigenvalue weighted by molar-refractivity contribution is -0.0475. The van der Waals surface area contributed by atoms with E-state index in [1.165, 1.54) is 17.0 Å². The molecule has 0 radical (unpaired) electrons. The molecule has 2 N–H and O–H groups in total. The molecule has 1 fully saturated rings. The van der Waals surface area contributed by atoms with Crippen molar-refractivity contribution in [3.05, 3.63) is 51.8 Å². The summed E-state index contributed by atoms with van der Waals surface area (Å²) in [5, 5.41) is 14.8. The van der Waals surface area contributed by atoms with E-state index in [9.17, 15) is 14.3 Å². The van der Waals surface area contributed by atoms with E-state index in [0.29, 0.717) is 53.2 Å². The summed E-state index contributed by atoms with van der Waals surface area (Å²) in [4.78, 5) is 14.4. The lowest BCUT2D eigenvalue weighted by atomic mass is 9.92. The quantitative estimate of drug-likeness (QED) is 0.730. The van der Waals surface area contributed by atoms with Gasteiger partial charge in [-0.05, 0) is 37.1 Å². The van der Waals surface area contributed by atoms with Crippen LogP contribution < -0.4 is 14.8 Å². The first-order valence-electron chi connectivity index (χ1n) is 9.64. The number of ether oxygens (including phenoxy) is 2. The van der Waals surface area contributed by atoms with Gasteiger partial charge < -0.3 is 24.8 Å². The molecule has 2 aromatic carbocycles. The topological polar surface area (TPSA) is 71.0 Å². The number of halogens is 3. The van der Waals surface area contributed by atoms with Crippen LogP contribution in [-0.4, -0.2) is 54.4 Å². The summed E-state index contributed by atoms with van der Waals surface area (Å²) in [6.07, 6.45) is 0.607. The lowest BCUT2D eigenvalue weighted by Crippen LogP contribution is -2.49. The average Bonchev–Trinajstić information content (AvgIpc) is 2.73. The fourth-order valence-electron chi connectivity index (χ4n) is 3.57. The summed E-state index contributed by atoms with van der Waals surface area (Å²) in [7, 11) is 0. The maximum Gasteiger partial charge on any atom is 0.256 e. The Morgan fingerprint density at radius 1 is 1.27 bits per heavy atom. The minimum absolute atomic E-state index is 0.0126. The highest BCUT2D eigenvalue weighted by molar-refractivity contribution is 6.35. The number of hydrogen-bond donors (Lipinski definition) is 2. The molecule has 0 unspecified atom stereocenters. The molecule has 0 saturated carbocycles. The van der Waals surface area contributed by atoms with E-state index in [1.807, 2.05) is 0 Å². The van der Waals surface area contributed by atoms with Crippen LogP contribution in [0.4, 0.5) is 10.1 Å². The van der Waals surface area contributed by atoms with Gasteiger partial charge in [0.1, 0.15) is 36.1 Å². The number of nitrogens with one attached hydrogen (secondary N) is 1. The van der Waals surface area contributed by atoms with Crippen molar-refractivity contribution in [3.8, 4) is 11.5 Å². The van der Waals surface area contributed by atoms with Crippen LogP contribution in [0.25, 0.3) is 0 Å². The molecule has 2 aromatic rings. The molecule has 0 atom stereocenters. The molecule has 0 bridgehead atoms. The van der Waals surface area contributed by atoms with Crippen molar-refractivity contribution < 1.29 is 23.8 Å². The van der Waals surface area contributed by atoms with Crippen molar-refractivity contribution >= 4 is 34.8 Å². The van der Waals surface area contributed by atoms with Crippen molar-refractivity contribution in [1.29, 1.82) is 0 Å². The van der Waals surface area contributed by atoms with E-state index in [1.54, 1.807) is 18.2 Å². The Morgan fingerprint density at radius 3 is 2.77 bits per heavy atom. The molecule has 6 nitrogen and oxygen atoms in total. The summed E-state index contributed by atoms with van der Waals surface area (Å²) >= 11 is 12.0. The molecule has 2 aliphatic heterocycles. The van der Waals surface area contributed by atoms with Gasteiger partial charge in [0.05, 0.1) is 16.3 Å². The van der Waals surface area contributed by atoms with Crippen molar-refractivity contribution in [2.45, 2.75) is 18.4 Å². The molecule has 0 aromatic heterocycles. The number of fused-ring (bicyclic) bond motifs is 1. The van der Waals surface area contributed by atoms with Crippen molar-refractivity contribution in [3.63, 3.8) is 0 Å². The van der Waals surface area contributed by atoms with Crippen LogP contribution in [0.2, 0.25) is 10.0 Å². The predicted molar refractivity (Wildman–Crippen MR) is 112 cm³/mol. The Kier molecular flexibility index (Phi) is 5.95. The van der Waals surface area contributed by atoms with Crippen LogP contribution in [0.5, 0.6) is 11.5 Å². The molecule has 1 amide bonds. The van der Waals surface area contributed by atoms with Crippen molar-refractivity contribution in [2.75, 3.05) is 38.2 Å². The summed E-state index contributed by atoms with van der Waals surface area (Å²) in [5.41, 5.74) is -0.516. The average molecular weight is 455 g/mol. The van der Waals surface area contributed by atoms with Crippen LogP contribution in [0.1, 0.15) is 23.2 Å². The number of carbonyl (C=O) groups is 1. The van der Waals surface area contributed by atoms with Crippen LogP contribution in [0.3, 0.4) is 0 Å². The summed E-state index contributed by atoms with van der Waals surface area (Å²) in [5.74, 6) is -0.199. The molecule has 2 heterocycles. The highest BCUT2D eigenvalue weighted by Crippen LogP contribution is 2.33. The first kappa shape index (κ1) is 21.0. The Labute approximate surface area is 183 Å². The normalized spacial score (nSPS) is 17.5. The van der Waals surface area contributed by atoms with E-state index in [-0.39, 0.29) is 25.3 Å². The van der Waals surface area contributed by atoms with E-state index in [0.717, 1.165) is 0 Å². The number of carbonyl (C=O) groups excluding carboxylic acids is 1. The molecule has 4 rings (SSSR count). The Morgan fingerprint density at radius 2 is 2.03 bits per heavy atom. The van der Waals surface area contributed by atoms with E-state index in [2.05, 4.69) is 5.32 Å². The van der Waals surface area contributed by atoms with Gasteiger partial charge >= 0.3 is 0 Å². The highest BCUT2D eigenvalue weighted by atomic mass is 35.5. The maximum atomic E-state index is 14.5. The number of anilines is 1. The number of aliphatic hydroxyl groups is 1. The maximum absolute atomic E-state index is 14.5. The number of nitrogens with zero attached hydrogens (tertiary/aromatic N) is 1. The first-order valence-corrected chi connectivity index (χ1v) is 10.4. The van der Waals surface area contributed by atoms with Gasteiger partial charge in [0.2, 0.25) is 0 Å². The van der Waals surface area contributed by atoms with Crippen LogP contribution in [0, 0.1) is 5.82 Å². The van der Waals surface area contributed by atoms with Gasteiger partial charge in [-0.25, -0.2) is 4.39 Å². The third-order valence-corrected chi connectivity index (χ3v) is 5.88. The molecule has 160 valence electrons. The van der Waals surface area contributed by atoms with Gasteiger partial charge in [0.15, 0.2) is 0 Å². The van der Waals surface area contributed by atoms with Gasteiger partial charge in [-0.2, -0.15) is 0 Å². The van der Waals surface area contributed by atoms with Gasteiger partial charge in [0.25, 0.3) is 5.91 Å². The van der Waals surface area contributed by atoms with Gasteiger partial charge in [-0.15, -0.1) is 0 Å². The van der Waals surface area contributed by atoms with Crippen molar-refractivity contribution in [1.82, 2.24) is 4.90 Å². The third-order valence-electron chi connectivity index (χ3n) is 5.35. The van der Waals surface area contributed by atoms with Crippen LogP contribution in [0.15, 0.2) is 30.3 Å². The second kappa shape index (κ2) is 8.49. The molecule has 1 saturated heterocycles. The molecular formula is C21H21Cl2FN2O4. The van der Waals surface area contributed by atoms with Gasteiger partial charge in [0, 0.05) is 30.7 Å². The smallest absolute Gasteiger partial charge is 0.256 e. The Bertz CT molecular complexity index is 964. The number of likely N-dealkylation sites (tertiary alicyclic amines) is 1. The molecular weight excluding hydrogens is 434 g/mol. The Balaban J connectivity index is 1.38. The molecule has 30 heavy (non-hydrogen) atoms. The van der Waals surface area contributed by atoms with Gasteiger partial charge in [-0.3, -0.25) is 4.79 Å².